The standard InChI is InChI=1S/C15H18N4O2S/c1-9-11(16-8-19(2)14(9)21)7-13(20)18-15-17-10-5-3-4-6-12(10)22-15/h8H,3-7H2,1-2H3,(H,17,18,20). The first kappa shape index (κ1) is 14.9. The molecule has 0 atom stereocenters. The highest BCUT2D eigenvalue weighted by Gasteiger charge is 2.17. The second-order valence-electron chi connectivity index (χ2n) is 5.55. The van der Waals surface area contributed by atoms with Crippen LogP contribution >= 0.6 is 11.3 Å². The van der Waals surface area contributed by atoms with E-state index in [4.69, 9.17) is 0 Å². The van der Waals surface area contributed by atoms with Crippen LogP contribution < -0.4 is 10.9 Å². The Morgan fingerprint density at radius 2 is 2.18 bits per heavy atom. The van der Waals surface area contributed by atoms with E-state index < -0.39 is 0 Å². The average Bonchev–Trinajstić information content (AvgIpc) is 2.90. The lowest BCUT2D eigenvalue weighted by molar-refractivity contribution is -0.115. The van der Waals surface area contributed by atoms with Crippen molar-refractivity contribution in [3.63, 3.8) is 0 Å². The molecule has 1 aliphatic carbocycles. The summed E-state index contributed by atoms with van der Waals surface area (Å²) < 4.78 is 1.41. The largest absolute Gasteiger partial charge is 0.302 e. The van der Waals surface area contributed by atoms with Crippen molar-refractivity contribution in [3.05, 3.63) is 38.5 Å². The first-order valence-corrected chi connectivity index (χ1v) is 8.16. The molecule has 22 heavy (non-hydrogen) atoms. The Kier molecular flexibility index (Phi) is 4.06. The van der Waals surface area contributed by atoms with Crippen LogP contribution in [0, 0.1) is 6.92 Å². The van der Waals surface area contributed by atoms with Crippen LogP contribution in [-0.4, -0.2) is 20.4 Å². The zero-order chi connectivity index (χ0) is 15.7. The van der Waals surface area contributed by atoms with E-state index in [-0.39, 0.29) is 17.9 Å². The molecule has 3 rings (SSSR count). The van der Waals surface area contributed by atoms with Gasteiger partial charge in [0.25, 0.3) is 5.56 Å². The lowest BCUT2D eigenvalue weighted by Gasteiger charge is -2.06. The molecule has 0 bridgehead atoms. The fraction of sp³-hybridized carbons (Fsp3) is 0.467. The number of hydrogen-bond donors (Lipinski definition) is 1. The van der Waals surface area contributed by atoms with Gasteiger partial charge in [-0.3, -0.25) is 9.59 Å². The summed E-state index contributed by atoms with van der Waals surface area (Å²) in [6, 6.07) is 0. The van der Waals surface area contributed by atoms with Gasteiger partial charge in [0.2, 0.25) is 5.91 Å². The summed E-state index contributed by atoms with van der Waals surface area (Å²) in [6.07, 6.45) is 5.95. The van der Waals surface area contributed by atoms with E-state index in [0.717, 1.165) is 18.5 Å². The number of thiazole rings is 1. The molecule has 0 saturated carbocycles. The van der Waals surface area contributed by atoms with Gasteiger partial charge in [-0.1, -0.05) is 0 Å². The number of anilines is 1. The molecule has 116 valence electrons. The topological polar surface area (TPSA) is 76.9 Å². The average molecular weight is 318 g/mol. The summed E-state index contributed by atoms with van der Waals surface area (Å²) in [5, 5.41) is 3.48. The maximum atomic E-state index is 12.1. The lowest BCUT2D eigenvalue weighted by Crippen LogP contribution is -2.24. The van der Waals surface area contributed by atoms with E-state index in [9.17, 15) is 9.59 Å². The van der Waals surface area contributed by atoms with Gasteiger partial charge in [0, 0.05) is 17.5 Å². The number of carbonyl (C=O) groups excluding carboxylic acids is 1. The molecule has 1 aliphatic rings. The van der Waals surface area contributed by atoms with Gasteiger partial charge in [-0.05, 0) is 32.6 Å². The van der Waals surface area contributed by atoms with Gasteiger partial charge in [0.15, 0.2) is 5.13 Å². The molecule has 7 heteroatoms. The van der Waals surface area contributed by atoms with Crippen molar-refractivity contribution in [1.82, 2.24) is 14.5 Å². The van der Waals surface area contributed by atoms with Crippen molar-refractivity contribution in [2.75, 3.05) is 5.32 Å². The molecule has 2 aromatic rings. The van der Waals surface area contributed by atoms with Gasteiger partial charge in [-0.2, -0.15) is 0 Å². The van der Waals surface area contributed by atoms with Gasteiger partial charge in [-0.15, -0.1) is 11.3 Å². The Bertz CT molecular complexity index is 755. The minimum Gasteiger partial charge on any atom is -0.302 e. The van der Waals surface area contributed by atoms with Gasteiger partial charge >= 0.3 is 0 Å². The number of rotatable bonds is 3. The number of hydrogen-bond acceptors (Lipinski definition) is 5. The summed E-state index contributed by atoms with van der Waals surface area (Å²) in [5.74, 6) is -0.185. The minimum absolute atomic E-state index is 0.0894. The summed E-state index contributed by atoms with van der Waals surface area (Å²) in [7, 11) is 1.65. The van der Waals surface area contributed by atoms with E-state index in [1.54, 1.807) is 25.3 Å². The van der Waals surface area contributed by atoms with Crippen LogP contribution in [0.2, 0.25) is 0 Å². The number of amides is 1. The summed E-state index contributed by atoms with van der Waals surface area (Å²) >= 11 is 1.55. The van der Waals surface area contributed by atoms with Crippen molar-refractivity contribution in [2.45, 2.75) is 39.0 Å². The van der Waals surface area contributed by atoms with Crippen molar-refractivity contribution in [3.8, 4) is 0 Å². The molecule has 0 radical (unpaired) electrons. The van der Waals surface area contributed by atoms with E-state index in [0.29, 0.717) is 16.4 Å². The molecule has 0 aliphatic heterocycles. The SMILES string of the molecule is Cc1c(CC(=O)Nc2nc3c(s2)CCCC3)ncn(C)c1=O. The number of aryl methyl sites for hydroxylation is 3. The second-order valence-corrected chi connectivity index (χ2v) is 6.64. The third kappa shape index (κ3) is 2.94. The fourth-order valence-electron chi connectivity index (χ4n) is 2.59. The van der Waals surface area contributed by atoms with E-state index in [2.05, 4.69) is 15.3 Å². The monoisotopic (exact) mass is 318 g/mol. The molecule has 0 saturated heterocycles. The Balaban J connectivity index is 1.71. The maximum absolute atomic E-state index is 12.1. The maximum Gasteiger partial charge on any atom is 0.256 e. The molecular weight excluding hydrogens is 300 g/mol. The lowest BCUT2D eigenvalue weighted by atomic mass is 10.0. The molecule has 0 aromatic carbocycles. The molecule has 6 nitrogen and oxygen atoms in total. The van der Waals surface area contributed by atoms with Crippen LogP contribution in [0.4, 0.5) is 5.13 Å². The molecule has 0 fully saturated rings. The van der Waals surface area contributed by atoms with Crippen LogP contribution in [0.1, 0.15) is 34.7 Å². The van der Waals surface area contributed by atoms with Crippen LogP contribution in [-0.2, 0) is 31.1 Å². The smallest absolute Gasteiger partial charge is 0.256 e. The molecule has 0 unspecified atom stereocenters. The molecule has 0 spiro atoms. The summed E-state index contributed by atoms with van der Waals surface area (Å²) in [6.45, 7) is 1.69. The third-order valence-corrected chi connectivity index (χ3v) is 4.95. The highest BCUT2D eigenvalue weighted by atomic mass is 32.1. The fourth-order valence-corrected chi connectivity index (χ4v) is 3.66. The molecule has 1 N–H and O–H groups in total. The highest BCUT2D eigenvalue weighted by Crippen LogP contribution is 2.29. The van der Waals surface area contributed by atoms with Crippen LogP contribution in [0.25, 0.3) is 0 Å². The van der Waals surface area contributed by atoms with E-state index in [1.165, 1.54) is 28.6 Å². The van der Waals surface area contributed by atoms with Gasteiger partial charge in [0.05, 0.1) is 24.1 Å². The van der Waals surface area contributed by atoms with Gasteiger partial charge in [-0.25, -0.2) is 9.97 Å². The summed E-state index contributed by atoms with van der Waals surface area (Å²) in [5.41, 5.74) is 2.03. The molecule has 2 aromatic heterocycles. The minimum atomic E-state index is -0.185. The number of fused-ring (bicyclic) bond motifs is 1. The number of aromatic nitrogens is 3. The van der Waals surface area contributed by atoms with Crippen molar-refractivity contribution >= 4 is 22.4 Å². The predicted octanol–water partition coefficient (Wildman–Crippen LogP) is 1.61. The number of nitrogens with zero attached hydrogens (tertiary/aromatic N) is 3. The second kappa shape index (κ2) is 6.00. The molecule has 2 heterocycles. The predicted molar refractivity (Wildman–Crippen MR) is 85.3 cm³/mol. The Morgan fingerprint density at radius 3 is 2.95 bits per heavy atom. The highest BCUT2D eigenvalue weighted by molar-refractivity contribution is 7.15. The van der Waals surface area contributed by atoms with Crippen molar-refractivity contribution in [1.29, 1.82) is 0 Å². The van der Waals surface area contributed by atoms with Gasteiger partial charge in [0.1, 0.15) is 0 Å². The van der Waals surface area contributed by atoms with Crippen LogP contribution in [0.3, 0.4) is 0 Å². The van der Waals surface area contributed by atoms with Gasteiger partial charge < -0.3 is 9.88 Å². The van der Waals surface area contributed by atoms with Crippen molar-refractivity contribution in [2.24, 2.45) is 7.05 Å². The Morgan fingerprint density at radius 1 is 1.41 bits per heavy atom. The normalized spacial score (nSPS) is 13.7. The van der Waals surface area contributed by atoms with Crippen molar-refractivity contribution < 1.29 is 4.79 Å². The summed E-state index contributed by atoms with van der Waals surface area (Å²) in [4.78, 5) is 33.9. The number of carbonyl (C=O) groups is 1. The Labute approximate surface area is 132 Å². The van der Waals surface area contributed by atoms with Crippen LogP contribution in [0.5, 0.6) is 0 Å². The quantitative estimate of drug-likeness (QED) is 0.932. The Hall–Kier alpha value is -2.02. The van der Waals surface area contributed by atoms with Crippen LogP contribution in [0.15, 0.2) is 11.1 Å². The zero-order valence-corrected chi connectivity index (χ0v) is 13.5. The first-order chi connectivity index (χ1) is 10.5. The molecule has 1 amide bonds. The van der Waals surface area contributed by atoms with E-state index >= 15 is 0 Å². The first-order valence-electron chi connectivity index (χ1n) is 7.34. The molecular formula is C15H18N4O2S. The number of nitrogens with one attached hydrogen (secondary N) is 1. The van der Waals surface area contributed by atoms with E-state index in [1.807, 2.05) is 0 Å². The third-order valence-electron chi connectivity index (χ3n) is 3.88. The zero-order valence-electron chi connectivity index (χ0n) is 12.7.